The molecule has 0 aliphatic heterocycles. The van der Waals surface area contributed by atoms with E-state index in [0.717, 1.165) is 23.3 Å². The van der Waals surface area contributed by atoms with Crippen molar-refractivity contribution in [3.05, 3.63) is 164 Å². The second-order valence-corrected chi connectivity index (χ2v) is 11.5. The van der Waals surface area contributed by atoms with Crippen molar-refractivity contribution in [2.24, 2.45) is 0 Å². The summed E-state index contributed by atoms with van der Waals surface area (Å²) in [7, 11) is 0. The summed E-state index contributed by atoms with van der Waals surface area (Å²) in [6.07, 6.45) is -3.07. The second-order valence-electron chi connectivity index (χ2n) is 11.5. The molecule has 10 heteroatoms. The van der Waals surface area contributed by atoms with Gasteiger partial charge in [-0.05, 0) is 48.2 Å². The Morgan fingerprint density at radius 3 is 1.29 bits per heavy atom. The van der Waals surface area contributed by atoms with Gasteiger partial charge in [-0.2, -0.15) is 0 Å². The zero-order valence-corrected chi connectivity index (χ0v) is 25.6. The molecule has 0 unspecified atom stereocenters. The Kier molecular flexibility index (Phi) is 9.56. The van der Waals surface area contributed by atoms with Gasteiger partial charge >= 0.3 is 0 Å². The van der Waals surface area contributed by atoms with Crippen molar-refractivity contribution in [2.45, 2.75) is 37.1 Å². The van der Waals surface area contributed by atoms with Crippen LogP contribution in [0.25, 0.3) is 21.9 Å². The minimum atomic E-state index is -1.63. The number of aliphatic hydroxyl groups excluding tert-OH is 2. The van der Waals surface area contributed by atoms with E-state index >= 15 is 0 Å². The molecule has 0 fully saturated rings. The highest BCUT2D eigenvalue weighted by molar-refractivity contribution is 5.94. The summed E-state index contributed by atoms with van der Waals surface area (Å²) < 4.78 is 11.4. The number of carbonyl (C=O) groups excluding carboxylic acids is 2. The fourth-order valence-corrected chi connectivity index (χ4v) is 5.64. The lowest BCUT2D eigenvalue weighted by Gasteiger charge is -2.33. The molecule has 0 aliphatic rings. The highest BCUT2D eigenvalue weighted by Gasteiger charge is 2.35. The normalized spacial score (nSPS) is 13.8. The monoisotopic (exact) mass is 644 g/mol. The van der Waals surface area contributed by atoms with Gasteiger partial charge in [0.05, 0.1) is 22.9 Å². The average molecular weight is 645 g/mol. The van der Waals surface area contributed by atoms with Gasteiger partial charge < -0.3 is 29.7 Å². The summed E-state index contributed by atoms with van der Waals surface area (Å²) in [5.41, 5.74) is 1.12. The number of fused-ring (bicyclic) bond motifs is 2. The van der Waals surface area contributed by atoms with Gasteiger partial charge in [0.2, 0.25) is 0 Å². The van der Waals surface area contributed by atoms with Crippen molar-refractivity contribution in [1.29, 1.82) is 0 Å². The van der Waals surface area contributed by atoms with Gasteiger partial charge in [0, 0.05) is 12.1 Å². The van der Waals surface area contributed by atoms with Crippen molar-refractivity contribution in [3.8, 4) is 0 Å². The van der Waals surface area contributed by atoms with Gasteiger partial charge in [0.1, 0.15) is 23.4 Å². The molecule has 0 aliphatic carbocycles. The minimum Gasteiger partial charge on any atom is -0.451 e. The van der Waals surface area contributed by atoms with Crippen LogP contribution in [-0.4, -0.2) is 46.3 Å². The molecule has 0 bridgehead atoms. The third kappa shape index (κ3) is 7.25. The van der Waals surface area contributed by atoms with E-state index in [-0.39, 0.29) is 35.5 Å². The molecule has 4 atom stereocenters. The summed E-state index contributed by atoms with van der Waals surface area (Å²) in [6.45, 7) is 0. The van der Waals surface area contributed by atoms with Gasteiger partial charge in [-0.3, -0.25) is 19.2 Å². The summed E-state index contributed by atoms with van der Waals surface area (Å²) in [5.74, 6) is -2.07. The zero-order valence-electron chi connectivity index (χ0n) is 25.6. The van der Waals surface area contributed by atoms with Crippen LogP contribution >= 0.6 is 0 Å². The third-order valence-electron chi connectivity index (χ3n) is 8.12. The molecule has 242 valence electrons. The van der Waals surface area contributed by atoms with Crippen LogP contribution in [-0.2, 0) is 12.8 Å². The molecule has 6 rings (SSSR count). The van der Waals surface area contributed by atoms with Crippen LogP contribution in [0, 0.1) is 0 Å². The number of hydrogen-bond donors (Lipinski definition) is 4. The van der Waals surface area contributed by atoms with E-state index in [1.165, 1.54) is 0 Å². The van der Waals surface area contributed by atoms with E-state index in [2.05, 4.69) is 10.6 Å². The SMILES string of the molecule is O=C(N[C@@H](Cc1ccccc1)[C@@H](O)[C@H](O)[C@H](Cc1ccccc1)NC(=O)c1cc(=O)c2ccccc2o1)c1cc(=O)c2ccccc2o1. The van der Waals surface area contributed by atoms with Gasteiger partial charge in [-0.1, -0.05) is 84.9 Å². The van der Waals surface area contributed by atoms with Gasteiger partial charge in [0.25, 0.3) is 11.8 Å². The molecule has 0 saturated heterocycles. The van der Waals surface area contributed by atoms with Crippen molar-refractivity contribution in [3.63, 3.8) is 0 Å². The van der Waals surface area contributed by atoms with Crippen LogP contribution in [0.4, 0.5) is 0 Å². The number of amides is 2. The van der Waals surface area contributed by atoms with Crippen LogP contribution in [0.2, 0.25) is 0 Å². The first-order chi connectivity index (χ1) is 23.3. The van der Waals surface area contributed by atoms with Crippen LogP contribution in [0.1, 0.15) is 32.2 Å². The maximum absolute atomic E-state index is 13.5. The predicted octanol–water partition coefficient (Wildman–Crippen LogP) is 4.00. The first-order valence-corrected chi connectivity index (χ1v) is 15.4. The number of para-hydroxylation sites is 2. The number of carbonyl (C=O) groups is 2. The molecule has 2 amide bonds. The first kappa shape index (κ1) is 32.1. The minimum absolute atomic E-state index is 0.0914. The quantitative estimate of drug-likeness (QED) is 0.165. The predicted molar refractivity (Wildman–Crippen MR) is 180 cm³/mol. The molecule has 10 nitrogen and oxygen atoms in total. The first-order valence-electron chi connectivity index (χ1n) is 15.4. The van der Waals surface area contributed by atoms with Crippen molar-refractivity contribution in [1.82, 2.24) is 10.6 Å². The Hall–Kier alpha value is -5.84. The maximum atomic E-state index is 13.5. The molecule has 4 N–H and O–H groups in total. The molecule has 2 aromatic heterocycles. The van der Waals surface area contributed by atoms with Crippen LogP contribution in [0.3, 0.4) is 0 Å². The summed E-state index contributed by atoms with van der Waals surface area (Å²) in [6, 6.07) is 31.1. The summed E-state index contributed by atoms with van der Waals surface area (Å²) in [4.78, 5) is 52.4. The number of nitrogens with one attached hydrogen (secondary N) is 2. The molecular formula is C38H32N2O8. The maximum Gasteiger partial charge on any atom is 0.287 e. The standard InChI is InChI=1S/C38H32N2O8/c41-29-21-33(47-31-17-9-7-15-25(29)31)37(45)39-27(19-23-11-3-1-4-12-23)35(43)36(44)28(20-24-13-5-2-6-14-24)40-38(46)34-22-30(42)26-16-8-10-18-32(26)48-34/h1-18,21-22,27-28,35-36,43-44H,19-20H2,(H,39,45)(H,40,46)/t27-,28-,35+,36+/m0/s1. The molecular weight excluding hydrogens is 612 g/mol. The Balaban J connectivity index is 1.30. The average Bonchev–Trinajstić information content (AvgIpc) is 3.11. The number of rotatable bonds is 11. The lowest BCUT2D eigenvalue weighted by atomic mass is 9.91. The van der Waals surface area contributed by atoms with E-state index in [4.69, 9.17) is 8.83 Å². The van der Waals surface area contributed by atoms with Crippen molar-refractivity contribution < 1.29 is 28.6 Å². The van der Waals surface area contributed by atoms with Crippen LogP contribution < -0.4 is 21.5 Å². The van der Waals surface area contributed by atoms with E-state index in [1.807, 2.05) is 12.1 Å². The molecule has 48 heavy (non-hydrogen) atoms. The van der Waals surface area contributed by atoms with E-state index in [9.17, 15) is 29.4 Å². The Bertz CT molecular complexity index is 2020. The van der Waals surface area contributed by atoms with E-state index in [1.54, 1.807) is 97.1 Å². The van der Waals surface area contributed by atoms with E-state index in [0.29, 0.717) is 10.8 Å². The number of benzene rings is 4. The Morgan fingerprint density at radius 1 is 0.542 bits per heavy atom. The highest BCUT2D eigenvalue weighted by atomic mass is 16.4. The summed E-state index contributed by atoms with van der Waals surface area (Å²) >= 11 is 0. The Morgan fingerprint density at radius 2 is 0.896 bits per heavy atom. The zero-order chi connectivity index (χ0) is 33.6. The second kappa shape index (κ2) is 14.3. The molecule has 2 heterocycles. The van der Waals surface area contributed by atoms with Crippen molar-refractivity contribution >= 4 is 33.8 Å². The fraction of sp³-hybridized carbons (Fsp3) is 0.158. The largest absolute Gasteiger partial charge is 0.451 e. The lowest BCUT2D eigenvalue weighted by Crippen LogP contribution is -2.57. The molecule has 0 spiro atoms. The molecule has 0 radical (unpaired) electrons. The van der Waals surface area contributed by atoms with Gasteiger partial charge in [-0.25, -0.2) is 0 Å². The molecule has 0 saturated carbocycles. The number of aliphatic hydroxyl groups is 2. The highest BCUT2D eigenvalue weighted by Crippen LogP contribution is 2.18. The lowest BCUT2D eigenvalue weighted by molar-refractivity contribution is -0.0222. The van der Waals surface area contributed by atoms with Gasteiger partial charge in [-0.15, -0.1) is 0 Å². The van der Waals surface area contributed by atoms with Crippen molar-refractivity contribution in [2.75, 3.05) is 0 Å². The third-order valence-corrected chi connectivity index (χ3v) is 8.12. The molecule has 6 aromatic rings. The van der Waals surface area contributed by atoms with Crippen LogP contribution in [0.5, 0.6) is 0 Å². The van der Waals surface area contributed by atoms with Crippen LogP contribution in [0.15, 0.2) is 140 Å². The fourth-order valence-electron chi connectivity index (χ4n) is 5.64. The topological polar surface area (TPSA) is 159 Å². The smallest absolute Gasteiger partial charge is 0.287 e. The molecule has 4 aromatic carbocycles. The van der Waals surface area contributed by atoms with Gasteiger partial charge in [0.15, 0.2) is 22.4 Å². The summed E-state index contributed by atoms with van der Waals surface area (Å²) in [5, 5.41) is 29.5. The number of hydrogen-bond acceptors (Lipinski definition) is 8. The Labute approximate surface area is 274 Å². The van der Waals surface area contributed by atoms with E-state index < -0.39 is 47.0 Å².